The van der Waals surface area contributed by atoms with E-state index in [1.54, 1.807) is 12.1 Å². The second-order valence-corrected chi connectivity index (χ2v) is 7.90. The lowest BCUT2D eigenvalue weighted by Gasteiger charge is -2.34. The molecule has 0 unspecified atom stereocenters. The number of phenolic OH excluding ortho intramolecular Hbond substituents is 1. The number of amides is 1. The second-order valence-electron chi connectivity index (χ2n) is 7.90. The molecule has 1 saturated heterocycles. The maximum Gasteiger partial charge on any atom is 0.254 e. The number of hydrogen-bond acceptors (Lipinski definition) is 6. The summed E-state index contributed by atoms with van der Waals surface area (Å²) in [5, 5.41) is 17.9. The first kappa shape index (κ1) is 24.0. The molecule has 33 heavy (non-hydrogen) atoms. The molecule has 0 aromatic heterocycles. The fourth-order valence-electron chi connectivity index (χ4n) is 3.75. The molecule has 1 aliphatic rings. The minimum absolute atomic E-state index is 0.148. The molecule has 0 atom stereocenters. The Kier molecular flexibility index (Phi) is 9.02. The van der Waals surface area contributed by atoms with E-state index in [1.165, 1.54) is 11.8 Å². The van der Waals surface area contributed by atoms with Gasteiger partial charge in [0.15, 0.2) is 0 Å². The molecule has 0 saturated carbocycles. The Hall–Kier alpha value is -3.65. The number of hydrogen-bond donors (Lipinski definition) is 2. The number of para-hydroxylation sites is 1. The zero-order valence-electron chi connectivity index (χ0n) is 18.6. The number of azide groups is 1. The van der Waals surface area contributed by atoms with Crippen molar-refractivity contribution < 1.29 is 9.90 Å². The zero-order valence-corrected chi connectivity index (χ0v) is 18.6. The van der Waals surface area contributed by atoms with Crippen LogP contribution >= 0.6 is 0 Å². The highest BCUT2D eigenvalue weighted by Gasteiger charge is 2.19. The van der Waals surface area contributed by atoms with Crippen LogP contribution in [-0.2, 0) is 24.3 Å². The molecule has 2 aromatic carbocycles. The first-order chi connectivity index (χ1) is 16.1. The van der Waals surface area contributed by atoms with Crippen LogP contribution in [0, 0.1) is 0 Å². The molecule has 1 fully saturated rings. The zero-order chi connectivity index (χ0) is 23.5. The van der Waals surface area contributed by atoms with Crippen molar-refractivity contribution in [2.24, 2.45) is 10.2 Å². The maximum absolute atomic E-state index is 12.3. The molecule has 0 aliphatic carbocycles. The van der Waals surface area contributed by atoms with Crippen LogP contribution in [0.4, 0.5) is 0 Å². The predicted molar refractivity (Wildman–Crippen MR) is 129 cm³/mol. The fraction of sp³-hybridized carbons (Fsp3) is 0.333. The van der Waals surface area contributed by atoms with E-state index in [2.05, 4.69) is 49.1 Å². The van der Waals surface area contributed by atoms with E-state index in [0.717, 1.165) is 43.9 Å². The SMILES string of the molecule is C=CCc1cccc(C=NNC(=O)CN2CCN(Cc3cccc(CN=[N+]=[N-])c3)CC2)c1O. The number of benzene rings is 2. The first-order valence-corrected chi connectivity index (χ1v) is 10.9. The van der Waals surface area contributed by atoms with Crippen LogP contribution in [0.2, 0.25) is 0 Å². The van der Waals surface area contributed by atoms with Crippen LogP contribution in [-0.4, -0.2) is 59.8 Å². The molecule has 2 aromatic rings. The van der Waals surface area contributed by atoms with Crippen molar-refractivity contribution in [3.63, 3.8) is 0 Å². The summed E-state index contributed by atoms with van der Waals surface area (Å²) in [5.74, 6) is -0.0398. The molecule has 0 bridgehead atoms. The first-order valence-electron chi connectivity index (χ1n) is 10.9. The molecule has 0 radical (unpaired) electrons. The normalized spacial score (nSPS) is 14.7. The summed E-state index contributed by atoms with van der Waals surface area (Å²) in [6.45, 7) is 8.44. The molecule has 1 amide bonds. The summed E-state index contributed by atoms with van der Waals surface area (Å²) in [7, 11) is 0. The molecule has 0 spiro atoms. The number of rotatable bonds is 10. The molecular formula is C24H29N7O2. The lowest BCUT2D eigenvalue weighted by atomic mass is 10.1. The third-order valence-corrected chi connectivity index (χ3v) is 5.45. The quantitative estimate of drug-likeness (QED) is 0.145. The Morgan fingerprint density at radius 1 is 1.15 bits per heavy atom. The van der Waals surface area contributed by atoms with Gasteiger partial charge in [-0.15, -0.1) is 6.58 Å². The third kappa shape index (κ3) is 7.47. The van der Waals surface area contributed by atoms with Crippen LogP contribution in [0.25, 0.3) is 10.4 Å². The van der Waals surface area contributed by atoms with Crippen LogP contribution in [0.5, 0.6) is 5.75 Å². The lowest BCUT2D eigenvalue weighted by Crippen LogP contribution is -2.48. The van der Waals surface area contributed by atoms with E-state index < -0.39 is 0 Å². The van der Waals surface area contributed by atoms with Gasteiger partial charge in [0.1, 0.15) is 5.75 Å². The van der Waals surface area contributed by atoms with Crippen LogP contribution in [0.1, 0.15) is 22.3 Å². The number of carbonyl (C=O) groups is 1. The minimum atomic E-state index is -0.188. The largest absolute Gasteiger partial charge is 0.507 e. The summed E-state index contributed by atoms with van der Waals surface area (Å²) in [5.41, 5.74) is 14.5. The Morgan fingerprint density at radius 3 is 2.64 bits per heavy atom. The number of carbonyl (C=O) groups excluding carboxylic acids is 1. The van der Waals surface area contributed by atoms with Crippen molar-refractivity contribution in [1.82, 2.24) is 15.2 Å². The Labute approximate surface area is 193 Å². The van der Waals surface area contributed by atoms with E-state index >= 15 is 0 Å². The van der Waals surface area contributed by atoms with E-state index in [9.17, 15) is 9.90 Å². The average molecular weight is 448 g/mol. The van der Waals surface area contributed by atoms with Gasteiger partial charge >= 0.3 is 0 Å². The number of hydrazone groups is 1. The van der Waals surface area contributed by atoms with E-state index in [4.69, 9.17) is 5.53 Å². The van der Waals surface area contributed by atoms with Crippen molar-refractivity contribution >= 4 is 12.1 Å². The van der Waals surface area contributed by atoms with Gasteiger partial charge in [0.2, 0.25) is 0 Å². The van der Waals surface area contributed by atoms with Gasteiger partial charge in [-0.2, -0.15) is 5.10 Å². The summed E-state index contributed by atoms with van der Waals surface area (Å²) in [4.78, 5) is 19.5. The molecule has 9 heteroatoms. The molecule has 1 aliphatic heterocycles. The minimum Gasteiger partial charge on any atom is -0.507 e. The van der Waals surface area contributed by atoms with Gasteiger partial charge in [-0.3, -0.25) is 14.6 Å². The second kappa shape index (κ2) is 12.4. The smallest absolute Gasteiger partial charge is 0.254 e. The fourth-order valence-corrected chi connectivity index (χ4v) is 3.75. The summed E-state index contributed by atoms with van der Waals surface area (Å²) in [6.07, 6.45) is 3.74. The predicted octanol–water partition coefficient (Wildman–Crippen LogP) is 3.20. The molecule has 3 rings (SSSR count). The van der Waals surface area contributed by atoms with Crippen molar-refractivity contribution in [2.75, 3.05) is 32.7 Å². The molecule has 9 nitrogen and oxygen atoms in total. The van der Waals surface area contributed by atoms with Crippen LogP contribution in [0.3, 0.4) is 0 Å². The summed E-state index contributed by atoms with van der Waals surface area (Å²) < 4.78 is 0. The van der Waals surface area contributed by atoms with Crippen LogP contribution in [0.15, 0.2) is 65.3 Å². The molecule has 2 N–H and O–H groups in total. The lowest BCUT2D eigenvalue weighted by molar-refractivity contribution is -0.122. The van der Waals surface area contributed by atoms with E-state index in [-0.39, 0.29) is 18.2 Å². The van der Waals surface area contributed by atoms with Crippen LogP contribution < -0.4 is 5.43 Å². The highest BCUT2D eigenvalue weighted by Crippen LogP contribution is 2.21. The van der Waals surface area contributed by atoms with Gasteiger partial charge in [-0.25, -0.2) is 5.43 Å². The number of nitrogens with one attached hydrogen (secondary N) is 1. The standard InChI is InChI=1S/C24H29N7O2/c1-2-5-21-8-4-9-22(24(21)33)16-26-28-23(32)18-31-12-10-30(11-13-31)17-20-7-3-6-19(14-20)15-27-29-25/h2-4,6-9,14,16,33H,1,5,10-13,15,17-18H2,(H,28,32). The van der Waals surface area contributed by atoms with Gasteiger partial charge in [0.05, 0.1) is 19.3 Å². The number of nitrogens with zero attached hydrogens (tertiary/aromatic N) is 6. The monoisotopic (exact) mass is 447 g/mol. The highest BCUT2D eigenvalue weighted by atomic mass is 16.3. The van der Waals surface area contributed by atoms with Gasteiger partial charge in [-0.05, 0) is 34.7 Å². The Balaban J connectivity index is 1.42. The van der Waals surface area contributed by atoms with Gasteiger partial charge in [0.25, 0.3) is 5.91 Å². The van der Waals surface area contributed by atoms with E-state index in [1.807, 2.05) is 24.3 Å². The van der Waals surface area contributed by atoms with Gasteiger partial charge in [0, 0.05) is 43.2 Å². The topological polar surface area (TPSA) is 117 Å². The van der Waals surface area contributed by atoms with Crippen molar-refractivity contribution in [2.45, 2.75) is 19.5 Å². The number of phenols is 1. The Morgan fingerprint density at radius 2 is 1.88 bits per heavy atom. The van der Waals surface area contributed by atoms with Crippen molar-refractivity contribution in [3.8, 4) is 5.75 Å². The third-order valence-electron chi connectivity index (χ3n) is 5.45. The van der Waals surface area contributed by atoms with Crippen molar-refractivity contribution in [3.05, 3.63) is 87.8 Å². The molecular weight excluding hydrogens is 418 g/mol. The number of aromatic hydroxyl groups is 1. The van der Waals surface area contributed by atoms with E-state index in [0.29, 0.717) is 18.5 Å². The van der Waals surface area contributed by atoms with Gasteiger partial charge < -0.3 is 5.11 Å². The van der Waals surface area contributed by atoms with Crippen molar-refractivity contribution in [1.29, 1.82) is 0 Å². The molecule has 172 valence electrons. The summed E-state index contributed by atoms with van der Waals surface area (Å²) in [6, 6.07) is 13.5. The highest BCUT2D eigenvalue weighted by molar-refractivity contribution is 5.86. The maximum atomic E-state index is 12.3. The Bertz CT molecular complexity index is 1040. The molecule has 1 heterocycles. The average Bonchev–Trinajstić information content (AvgIpc) is 2.82. The number of piperazine rings is 1. The van der Waals surface area contributed by atoms with Gasteiger partial charge in [-0.1, -0.05) is 47.6 Å². The number of allylic oxidation sites excluding steroid dienone is 1. The summed E-state index contributed by atoms with van der Waals surface area (Å²) >= 11 is 0.